The number of benzene rings is 2. The zero-order chi connectivity index (χ0) is 19.8. The molecule has 0 saturated heterocycles. The Morgan fingerprint density at radius 1 is 0.893 bits per heavy atom. The van der Waals surface area contributed by atoms with Crippen LogP contribution in [0.1, 0.15) is 0 Å². The highest BCUT2D eigenvalue weighted by atomic mass is 35.5. The van der Waals surface area contributed by atoms with Crippen molar-refractivity contribution in [3.63, 3.8) is 0 Å². The van der Waals surface area contributed by atoms with E-state index in [9.17, 15) is 18.3 Å². The van der Waals surface area contributed by atoms with Crippen LogP contribution >= 0.6 is 11.6 Å². The minimum atomic E-state index is -0.907. The van der Waals surface area contributed by atoms with Crippen molar-refractivity contribution in [2.24, 2.45) is 0 Å². The Balaban J connectivity index is 2.03. The number of aromatic hydroxyl groups is 1. The van der Waals surface area contributed by atoms with E-state index < -0.39 is 17.5 Å². The molecule has 4 nitrogen and oxygen atoms in total. The maximum Gasteiger partial charge on any atom is 0.180 e. The molecule has 0 radical (unpaired) electrons. The molecule has 0 aliphatic heterocycles. The summed E-state index contributed by atoms with van der Waals surface area (Å²) >= 11 is 5.80. The van der Waals surface area contributed by atoms with Gasteiger partial charge < -0.3 is 9.63 Å². The lowest BCUT2D eigenvalue weighted by Gasteiger charge is -2.07. The summed E-state index contributed by atoms with van der Waals surface area (Å²) in [5, 5.41) is 14.3. The van der Waals surface area contributed by atoms with E-state index >= 15 is 0 Å². The van der Waals surface area contributed by atoms with Crippen LogP contribution in [0.5, 0.6) is 5.75 Å². The molecule has 0 spiro atoms. The molecule has 2 aromatic heterocycles. The van der Waals surface area contributed by atoms with Gasteiger partial charge >= 0.3 is 0 Å². The minimum Gasteiger partial charge on any atom is -0.506 e. The number of pyridine rings is 1. The molecule has 0 fully saturated rings. The van der Waals surface area contributed by atoms with Crippen LogP contribution in [0.3, 0.4) is 0 Å². The first-order chi connectivity index (χ1) is 13.5. The van der Waals surface area contributed by atoms with Crippen LogP contribution in [0.15, 0.2) is 59.3 Å². The Hall–Kier alpha value is -3.32. The number of halogens is 4. The average Bonchev–Trinajstić information content (AvgIpc) is 3.06. The van der Waals surface area contributed by atoms with Gasteiger partial charge in [0.15, 0.2) is 5.76 Å². The van der Waals surface area contributed by atoms with Crippen LogP contribution in [0.25, 0.3) is 33.8 Å². The molecular weight excluding hydrogens is 393 g/mol. The minimum absolute atomic E-state index is 0.00632. The molecule has 0 aliphatic rings. The molecule has 2 heterocycles. The molecule has 1 N–H and O–H groups in total. The SMILES string of the molecule is Oc1cccnc1-c1c(-c2ccc(Cl)cc2F)noc1-c1ccc(F)cc1F. The second kappa shape index (κ2) is 7.01. The lowest BCUT2D eigenvalue weighted by molar-refractivity contribution is 0.431. The summed E-state index contributed by atoms with van der Waals surface area (Å²) in [4.78, 5) is 4.09. The summed E-state index contributed by atoms with van der Waals surface area (Å²) in [6, 6.07) is 9.67. The Morgan fingerprint density at radius 3 is 2.36 bits per heavy atom. The lowest BCUT2D eigenvalue weighted by atomic mass is 9.98. The average molecular weight is 403 g/mol. The van der Waals surface area contributed by atoms with E-state index in [1.54, 1.807) is 0 Å². The first-order valence-corrected chi connectivity index (χ1v) is 8.38. The largest absolute Gasteiger partial charge is 0.506 e. The van der Waals surface area contributed by atoms with E-state index in [0.717, 1.165) is 18.2 Å². The number of hydrogen-bond donors (Lipinski definition) is 1. The van der Waals surface area contributed by atoms with Gasteiger partial charge in [0.1, 0.15) is 34.6 Å². The van der Waals surface area contributed by atoms with Gasteiger partial charge in [0.05, 0.1) is 11.1 Å². The fourth-order valence-electron chi connectivity index (χ4n) is 2.82. The zero-order valence-corrected chi connectivity index (χ0v) is 14.7. The predicted molar refractivity (Wildman–Crippen MR) is 97.2 cm³/mol. The summed E-state index contributed by atoms with van der Waals surface area (Å²) in [7, 11) is 0. The molecule has 2 aromatic carbocycles. The second-order valence-electron chi connectivity index (χ2n) is 5.85. The zero-order valence-electron chi connectivity index (χ0n) is 14.0. The van der Waals surface area contributed by atoms with Gasteiger partial charge in [-0.15, -0.1) is 0 Å². The third-order valence-corrected chi connectivity index (χ3v) is 4.31. The molecule has 0 saturated carbocycles. The quantitative estimate of drug-likeness (QED) is 0.467. The summed E-state index contributed by atoms with van der Waals surface area (Å²) in [5.74, 6) is -2.74. The van der Waals surface area contributed by atoms with Crippen LogP contribution in [0, 0.1) is 17.5 Å². The van der Waals surface area contributed by atoms with Gasteiger partial charge in [-0.3, -0.25) is 4.98 Å². The van der Waals surface area contributed by atoms with Crippen molar-refractivity contribution in [3.8, 4) is 39.6 Å². The van der Waals surface area contributed by atoms with Crippen molar-refractivity contribution in [2.45, 2.75) is 0 Å². The van der Waals surface area contributed by atoms with Crippen LogP contribution < -0.4 is 0 Å². The van der Waals surface area contributed by atoms with Crippen LogP contribution in [-0.2, 0) is 0 Å². The smallest absolute Gasteiger partial charge is 0.180 e. The van der Waals surface area contributed by atoms with E-state index in [-0.39, 0.29) is 44.6 Å². The van der Waals surface area contributed by atoms with Gasteiger partial charge in [0, 0.05) is 22.8 Å². The monoisotopic (exact) mass is 402 g/mol. The Bertz CT molecular complexity index is 1130. The molecule has 28 heavy (non-hydrogen) atoms. The molecule has 8 heteroatoms. The maximum atomic E-state index is 14.5. The van der Waals surface area contributed by atoms with Crippen LogP contribution in [0.2, 0.25) is 5.02 Å². The number of hydrogen-bond acceptors (Lipinski definition) is 4. The standard InChI is InChI=1S/C20H10ClF3N2O2/c21-10-3-5-12(14(23)8-10)18-17(19-16(27)2-1-7-25-19)20(28-26-18)13-6-4-11(22)9-15(13)24/h1-9,27H. The van der Waals surface area contributed by atoms with Crippen molar-refractivity contribution in [1.29, 1.82) is 0 Å². The normalized spacial score (nSPS) is 11.0. The Kier molecular flexibility index (Phi) is 4.52. The molecule has 0 amide bonds. The third kappa shape index (κ3) is 3.10. The highest BCUT2D eigenvalue weighted by molar-refractivity contribution is 6.30. The van der Waals surface area contributed by atoms with Crippen molar-refractivity contribution >= 4 is 11.6 Å². The van der Waals surface area contributed by atoms with Crippen LogP contribution in [-0.4, -0.2) is 15.2 Å². The molecular formula is C20H10ClF3N2O2. The van der Waals surface area contributed by atoms with Gasteiger partial charge in [-0.2, -0.15) is 0 Å². The number of nitrogens with zero attached hydrogens (tertiary/aromatic N) is 2. The Labute approximate surface area is 161 Å². The Morgan fingerprint density at radius 2 is 1.64 bits per heavy atom. The van der Waals surface area contributed by atoms with Gasteiger partial charge in [-0.1, -0.05) is 16.8 Å². The lowest BCUT2D eigenvalue weighted by Crippen LogP contribution is -1.92. The van der Waals surface area contributed by atoms with E-state index in [0.29, 0.717) is 6.07 Å². The second-order valence-corrected chi connectivity index (χ2v) is 6.29. The van der Waals surface area contributed by atoms with E-state index in [4.69, 9.17) is 16.1 Å². The van der Waals surface area contributed by atoms with Gasteiger partial charge in [0.2, 0.25) is 0 Å². The summed E-state index contributed by atoms with van der Waals surface area (Å²) in [5.41, 5.74) is -0.0462. The first kappa shape index (κ1) is 18.1. The van der Waals surface area contributed by atoms with Crippen molar-refractivity contribution in [3.05, 3.63) is 77.2 Å². The number of rotatable bonds is 3. The maximum absolute atomic E-state index is 14.5. The molecule has 0 aliphatic carbocycles. The van der Waals surface area contributed by atoms with Crippen LogP contribution in [0.4, 0.5) is 13.2 Å². The van der Waals surface area contributed by atoms with Crippen molar-refractivity contribution in [2.75, 3.05) is 0 Å². The highest BCUT2D eigenvalue weighted by Gasteiger charge is 2.27. The van der Waals surface area contributed by atoms with Gasteiger partial charge in [-0.05, 0) is 42.5 Å². The predicted octanol–water partition coefficient (Wildman–Crippen LogP) is 5.85. The fourth-order valence-corrected chi connectivity index (χ4v) is 2.98. The molecule has 0 atom stereocenters. The molecule has 140 valence electrons. The molecule has 0 unspecified atom stereocenters. The third-order valence-electron chi connectivity index (χ3n) is 4.08. The summed E-state index contributed by atoms with van der Waals surface area (Å²) in [6.07, 6.45) is 1.40. The fraction of sp³-hybridized carbons (Fsp3) is 0. The molecule has 4 aromatic rings. The van der Waals surface area contributed by atoms with E-state index in [1.165, 1.54) is 30.5 Å². The van der Waals surface area contributed by atoms with Crippen molar-refractivity contribution < 1.29 is 22.8 Å². The summed E-state index contributed by atoms with van der Waals surface area (Å²) in [6.45, 7) is 0. The summed E-state index contributed by atoms with van der Waals surface area (Å²) < 4.78 is 47.5. The number of aromatic nitrogens is 2. The topological polar surface area (TPSA) is 59.2 Å². The highest BCUT2D eigenvalue weighted by Crippen LogP contribution is 2.43. The van der Waals surface area contributed by atoms with E-state index in [2.05, 4.69) is 10.1 Å². The molecule has 4 rings (SSSR count). The van der Waals surface area contributed by atoms with Crippen molar-refractivity contribution in [1.82, 2.24) is 10.1 Å². The molecule has 0 bridgehead atoms. The first-order valence-electron chi connectivity index (χ1n) is 8.00. The van der Waals surface area contributed by atoms with Gasteiger partial charge in [-0.25, -0.2) is 13.2 Å². The van der Waals surface area contributed by atoms with Gasteiger partial charge in [0.25, 0.3) is 0 Å². The van der Waals surface area contributed by atoms with E-state index in [1.807, 2.05) is 0 Å².